The van der Waals surface area contributed by atoms with Crippen molar-refractivity contribution in [2.75, 3.05) is 37.7 Å². The van der Waals surface area contributed by atoms with Gasteiger partial charge >= 0.3 is 5.97 Å². The lowest BCUT2D eigenvalue weighted by Crippen LogP contribution is -2.54. The van der Waals surface area contributed by atoms with E-state index in [0.29, 0.717) is 49.7 Å². The molecule has 1 amide bonds. The first-order valence-corrected chi connectivity index (χ1v) is 14.2. The monoisotopic (exact) mass is 480 g/mol. The van der Waals surface area contributed by atoms with Gasteiger partial charge in [-0.3, -0.25) is 4.79 Å². The lowest BCUT2D eigenvalue weighted by molar-refractivity contribution is -0.155. The van der Waals surface area contributed by atoms with E-state index in [0.717, 1.165) is 37.0 Å². The summed E-state index contributed by atoms with van der Waals surface area (Å²) in [5, 5.41) is 0. The van der Waals surface area contributed by atoms with Crippen molar-refractivity contribution in [3.8, 4) is 0 Å². The molecule has 0 spiro atoms. The van der Waals surface area contributed by atoms with Gasteiger partial charge in [0.05, 0.1) is 11.5 Å². The van der Waals surface area contributed by atoms with Gasteiger partial charge in [0, 0.05) is 37.1 Å². The highest BCUT2D eigenvalue weighted by atomic mass is 32.2. The number of carbonyl (C=O) groups is 2. The molecule has 2 heterocycles. The minimum Gasteiger partial charge on any atom is -0.464 e. The fourth-order valence-corrected chi connectivity index (χ4v) is 7.45. The third-order valence-corrected chi connectivity index (χ3v) is 9.65. The standard InChI is InChI=1S/C23H32N2O5S2/c1-2-30-23(27)21-16-31-14-13-25(21)22(26)18-9-11-24(12-10-18)32(28,29)20-8-7-17-5-3-4-6-19(17)15-20/h7-8,15,18,21H,2-6,9-14,16H2,1H3. The van der Waals surface area contributed by atoms with Crippen molar-refractivity contribution in [3.63, 3.8) is 0 Å². The zero-order chi connectivity index (χ0) is 22.7. The Hall–Kier alpha value is -1.58. The van der Waals surface area contributed by atoms with E-state index in [1.165, 1.54) is 9.87 Å². The average molecular weight is 481 g/mol. The first-order chi connectivity index (χ1) is 15.4. The Morgan fingerprint density at radius 3 is 2.53 bits per heavy atom. The van der Waals surface area contributed by atoms with Gasteiger partial charge in [-0.1, -0.05) is 6.07 Å². The molecule has 4 rings (SSSR count). The molecular weight excluding hydrogens is 448 g/mol. The van der Waals surface area contributed by atoms with Gasteiger partial charge in [-0.25, -0.2) is 13.2 Å². The Balaban J connectivity index is 1.41. The number of sulfonamides is 1. The van der Waals surface area contributed by atoms with E-state index in [2.05, 4.69) is 0 Å². The van der Waals surface area contributed by atoms with Crippen molar-refractivity contribution < 1.29 is 22.7 Å². The number of aryl methyl sites for hydroxylation is 2. The van der Waals surface area contributed by atoms with Crippen LogP contribution < -0.4 is 0 Å². The average Bonchev–Trinajstić information content (AvgIpc) is 2.83. The van der Waals surface area contributed by atoms with Gasteiger partial charge in [0.15, 0.2) is 0 Å². The molecule has 1 atom stereocenters. The molecule has 1 aliphatic carbocycles. The van der Waals surface area contributed by atoms with E-state index in [9.17, 15) is 18.0 Å². The molecule has 0 aromatic heterocycles. The van der Waals surface area contributed by atoms with Gasteiger partial charge in [-0.15, -0.1) is 0 Å². The number of esters is 1. The van der Waals surface area contributed by atoms with Crippen molar-refractivity contribution in [2.24, 2.45) is 5.92 Å². The summed E-state index contributed by atoms with van der Waals surface area (Å²) < 4.78 is 33.1. The maximum atomic E-state index is 13.2. The topological polar surface area (TPSA) is 84.0 Å². The number of thioether (sulfide) groups is 1. The maximum Gasteiger partial charge on any atom is 0.329 e. The minimum absolute atomic E-state index is 0.0471. The molecule has 1 aromatic rings. The van der Waals surface area contributed by atoms with Gasteiger partial charge < -0.3 is 9.64 Å². The first kappa shape index (κ1) is 23.6. The molecular formula is C23H32N2O5S2. The second-order valence-electron chi connectivity index (χ2n) is 8.69. The third-order valence-electron chi connectivity index (χ3n) is 6.73. The van der Waals surface area contributed by atoms with E-state index in [1.54, 1.807) is 29.7 Å². The first-order valence-electron chi connectivity index (χ1n) is 11.6. The number of carbonyl (C=O) groups excluding carboxylic acids is 2. The summed E-state index contributed by atoms with van der Waals surface area (Å²) in [7, 11) is -3.57. The number of hydrogen-bond acceptors (Lipinski definition) is 6. The zero-order valence-electron chi connectivity index (χ0n) is 18.6. The van der Waals surface area contributed by atoms with Crippen LogP contribution in [-0.4, -0.2) is 73.3 Å². The molecule has 9 heteroatoms. The molecule has 2 fully saturated rings. The number of benzene rings is 1. The number of fused-ring (bicyclic) bond motifs is 1. The van der Waals surface area contributed by atoms with Crippen LogP contribution in [0.5, 0.6) is 0 Å². The van der Waals surface area contributed by atoms with Gasteiger partial charge in [-0.2, -0.15) is 16.1 Å². The fraction of sp³-hybridized carbons (Fsp3) is 0.652. The van der Waals surface area contributed by atoms with Crippen LogP contribution in [0, 0.1) is 5.92 Å². The van der Waals surface area contributed by atoms with Crippen LogP contribution in [-0.2, 0) is 37.2 Å². The van der Waals surface area contributed by atoms with Gasteiger partial charge in [0.25, 0.3) is 0 Å². The molecule has 2 saturated heterocycles. The molecule has 0 bridgehead atoms. The number of nitrogens with zero attached hydrogens (tertiary/aromatic N) is 2. The summed E-state index contributed by atoms with van der Waals surface area (Å²) in [5.74, 6) is 0.697. The van der Waals surface area contributed by atoms with Crippen LogP contribution in [0.25, 0.3) is 0 Å². The Morgan fingerprint density at radius 1 is 1.09 bits per heavy atom. The lowest BCUT2D eigenvalue weighted by atomic mass is 9.92. The predicted molar refractivity (Wildman–Crippen MR) is 124 cm³/mol. The summed E-state index contributed by atoms with van der Waals surface area (Å²) in [5.41, 5.74) is 2.41. The third kappa shape index (κ3) is 4.84. The van der Waals surface area contributed by atoms with Crippen molar-refractivity contribution in [2.45, 2.75) is 56.4 Å². The molecule has 0 N–H and O–H groups in total. The number of hydrogen-bond donors (Lipinski definition) is 0. The summed E-state index contributed by atoms with van der Waals surface area (Å²) in [6, 6.07) is 4.99. The summed E-state index contributed by atoms with van der Waals surface area (Å²) >= 11 is 1.65. The highest BCUT2D eigenvalue weighted by molar-refractivity contribution is 7.99. The van der Waals surface area contributed by atoms with Gasteiger partial charge in [-0.05, 0) is 68.7 Å². The zero-order valence-corrected chi connectivity index (χ0v) is 20.3. The molecule has 176 valence electrons. The second kappa shape index (κ2) is 10.1. The lowest BCUT2D eigenvalue weighted by Gasteiger charge is -2.38. The molecule has 1 unspecified atom stereocenters. The van der Waals surface area contributed by atoms with Crippen LogP contribution in [0.15, 0.2) is 23.1 Å². The quantitative estimate of drug-likeness (QED) is 0.602. The molecule has 0 saturated carbocycles. The van der Waals surface area contributed by atoms with Gasteiger partial charge in [0.2, 0.25) is 15.9 Å². The SMILES string of the molecule is CCOC(=O)C1CSCCN1C(=O)C1CCN(S(=O)(=O)c2ccc3c(c2)CCCC3)CC1. The van der Waals surface area contributed by atoms with Gasteiger partial charge in [0.1, 0.15) is 6.04 Å². The Kier molecular flexibility index (Phi) is 7.47. The van der Waals surface area contributed by atoms with Crippen LogP contribution in [0.4, 0.5) is 0 Å². The number of amides is 1. The molecule has 1 aromatic carbocycles. The molecule has 3 aliphatic rings. The Bertz CT molecular complexity index is 957. The normalized spacial score (nSPS) is 22.9. The number of ether oxygens (including phenoxy) is 1. The smallest absolute Gasteiger partial charge is 0.329 e. The molecule has 32 heavy (non-hydrogen) atoms. The molecule has 7 nitrogen and oxygen atoms in total. The van der Waals surface area contributed by atoms with Crippen LogP contribution in [0.3, 0.4) is 0 Å². The summed E-state index contributed by atoms with van der Waals surface area (Å²) in [4.78, 5) is 27.5. The maximum absolute atomic E-state index is 13.2. The summed E-state index contributed by atoms with van der Waals surface area (Å²) in [6.45, 7) is 3.23. The van der Waals surface area contributed by atoms with Crippen LogP contribution in [0.2, 0.25) is 0 Å². The van der Waals surface area contributed by atoms with Crippen molar-refractivity contribution in [1.29, 1.82) is 0 Å². The molecule has 2 aliphatic heterocycles. The largest absolute Gasteiger partial charge is 0.464 e. The van der Waals surface area contributed by atoms with E-state index in [1.807, 2.05) is 12.1 Å². The van der Waals surface area contributed by atoms with Crippen molar-refractivity contribution >= 4 is 33.7 Å². The minimum atomic E-state index is -3.57. The van der Waals surface area contributed by atoms with Crippen molar-refractivity contribution in [3.05, 3.63) is 29.3 Å². The predicted octanol–water partition coefficient (Wildman–Crippen LogP) is 2.47. The summed E-state index contributed by atoms with van der Waals surface area (Å²) in [6.07, 6.45) is 5.17. The van der Waals surface area contributed by atoms with E-state index in [4.69, 9.17) is 4.74 Å². The fourth-order valence-electron chi connectivity index (χ4n) is 4.90. The Labute approximate surface area is 194 Å². The molecule has 0 radical (unpaired) electrons. The van der Waals surface area contributed by atoms with E-state index >= 15 is 0 Å². The number of rotatable bonds is 5. The van der Waals surface area contributed by atoms with E-state index in [-0.39, 0.29) is 17.8 Å². The Morgan fingerprint density at radius 2 is 1.81 bits per heavy atom. The second-order valence-corrected chi connectivity index (χ2v) is 11.8. The highest BCUT2D eigenvalue weighted by Gasteiger charge is 2.39. The highest BCUT2D eigenvalue weighted by Crippen LogP contribution is 2.30. The van der Waals surface area contributed by atoms with Crippen LogP contribution >= 0.6 is 11.8 Å². The van der Waals surface area contributed by atoms with E-state index < -0.39 is 16.1 Å². The van der Waals surface area contributed by atoms with Crippen molar-refractivity contribution in [1.82, 2.24) is 9.21 Å². The number of piperidine rings is 1. The van der Waals surface area contributed by atoms with Crippen LogP contribution in [0.1, 0.15) is 43.7 Å².